The summed E-state index contributed by atoms with van der Waals surface area (Å²) in [4.78, 5) is 23.6. The van der Waals surface area contributed by atoms with Crippen molar-refractivity contribution in [2.45, 2.75) is 110 Å². The third-order valence-corrected chi connectivity index (χ3v) is 5.09. The number of aliphatic carboxylic acids is 1. The molecule has 158 valence electrons. The highest BCUT2D eigenvalue weighted by Crippen LogP contribution is 2.13. The Balaban J connectivity index is 3.27. The standard InChI is InChI=1S/C23H43NO3/c1-3-4-5-6-7-8-9-10-11-12-13-14-15-16-17-18-21-24(2)22(25)19-20-23(26)27/h19-20H,3-18,21H2,1-2H3,(H,26,27)/b20-19+. The Hall–Kier alpha value is -1.32. The van der Waals surface area contributed by atoms with Crippen LogP contribution in [0.1, 0.15) is 110 Å². The van der Waals surface area contributed by atoms with Crippen LogP contribution in [0.3, 0.4) is 0 Å². The summed E-state index contributed by atoms with van der Waals surface area (Å²) in [6.07, 6.45) is 23.4. The van der Waals surface area contributed by atoms with Crippen LogP contribution in [0.5, 0.6) is 0 Å². The van der Waals surface area contributed by atoms with Crippen molar-refractivity contribution in [2.75, 3.05) is 13.6 Å². The highest BCUT2D eigenvalue weighted by Gasteiger charge is 2.04. The zero-order chi connectivity index (χ0) is 20.2. The van der Waals surface area contributed by atoms with Gasteiger partial charge in [-0.2, -0.15) is 0 Å². The van der Waals surface area contributed by atoms with Gasteiger partial charge in [0, 0.05) is 25.7 Å². The minimum atomic E-state index is -1.08. The van der Waals surface area contributed by atoms with E-state index in [2.05, 4.69) is 6.92 Å². The van der Waals surface area contributed by atoms with Crippen molar-refractivity contribution in [1.82, 2.24) is 4.90 Å². The summed E-state index contributed by atoms with van der Waals surface area (Å²) in [7, 11) is 1.72. The van der Waals surface area contributed by atoms with Crippen LogP contribution >= 0.6 is 0 Å². The number of carbonyl (C=O) groups is 2. The number of carboxylic acid groups (broad SMARTS) is 1. The van der Waals surface area contributed by atoms with Crippen LogP contribution in [0.25, 0.3) is 0 Å². The first-order valence-electron chi connectivity index (χ1n) is 11.2. The predicted molar refractivity (Wildman–Crippen MR) is 114 cm³/mol. The van der Waals surface area contributed by atoms with Gasteiger partial charge < -0.3 is 10.0 Å². The molecule has 1 N–H and O–H groups in total. The van der Waals surface area contributed by atoms with Crippen molar-refractivity contribution >= 4 is 11.9 Å². The molecule has 0 aromatic rings. The number of hydrogen-bond donors (Lipinski definition) is 1. The van der Waals surface area contributed by atoms with E-state index >= 15 is 0 Å². The van der Waals surface area contributed by atoms with Gasteiger partial charge in [-0.3, -0.25) is 4.79 Å². The van der Waals surface area contributed by atoms with Gasteiger partial charge in [0.1, 0.15) is 0 Å². The molecule has 0 radical (unpaired) electrons. The summed E-state index contributed by atoms with van der Waals surface area (Å²) >= 11 is 0. The van der Waals surface area contributed by atoms with Crippen LogP contribution in [-0.2, 0) is 9.59 Å². The molecule has 0 aliphatic heterocycles. The van der Waals surface area contributed by atoms with Crippen molar-refractivity contribution in [2.24, 2.45) is 0 Å². The molecule has 0 aromatic heterocycles. The van der Waals surface area contributed by atoms with E-state index in [1.165, 1.54) is 89.9 Å². The Kier molecular flexibility index (Phi) is 18.5. The van der Waals surface area contributed by atoms with Crippen LogP contribution in [0, 0.1) is 0 Å². The van der Waals surface area contributed by atoms with Crippen molar-refractivity contribution in [3.63, 3.8) is 0 Å². The number of nitrogens with zero attached hydrogens (tertiary/aromatic N) is 1. The minimum absolute atomic E-state index is 0.238. The van der Waals surface area contributed by atoms with Crippen molar-refractivity contribution in [3.05, 3.63) is 12.2 Å². The lowest BCUT2D eigenvalue weighted by atomic mass is 10.0. The number of carboxylic acids is 1. The average molecular weight is 382 g/mol. The molecule has 0 aliphatic carbocycles. The van der Waals surface area contributed by atoms with E-state index in [0.717, 1.165) is 25.0 Å². The maximum Gasteiger partial charge on any atom is 0.328 e. The Morgan fingerprint density at radius 1 is 0.667 bits per heavy atom. The molecule has 0 aliphatic rings. The van der Waals surface area contributed by atoms with E-state index in [4.69, 9.17) is 5.11 Å². The van der Waals surface area contributed by atoms with Gasteiger partial charge in [-0.1, -0.05) is 103 Å². The second kappa shape index (κ2) is 19.4. The highest BCUT2D eigenvalue weighted by atomic mass is 16.4. The van der Waals surface area contributed by atoms with Gasteiger partial charge >= 0.3 is 5.97 Å². The molecule has 4 nitrogen and oxygen atoms in total. The minimum Gasteiger partial charge on any atom is -0.478 e. The van der Waals surface area contributed by atoms with Crippen LogP contribution in [0.15, 0.2) is 12.2 Å². The molecular formula is C23H43NO3. The molecule has 0 rings (SSSR count). The number of unbranched alkanes of at least 4 members (excludes halogenated alkanes) is 15. The predicted octanol–water partition coefficient (Wildman–Crippen LogP) is 6.35. The molecule has 0 heterocycles. The van der Waals surface area contributed by atoms with E-state index in [0.29, 0.717) is 6.54 Å². The second-order valence-electron chi connectivity index (χ2n) is 7.73. The van der Waals surface area contributed by atoms with Gasteiger partial charge in [0.15, 0.2) is 0 Å². The third-order valence-electron chi connectivity index (χ3n) is 5.09. The first-order chi connectivity index (χ1) is 13.1. The van der Waals surface area contributed by atoms with Gasteiger partial charge in [0.25, 0.3) is 0 Å². The maximum atomic E-state index is 11.6. The lowest BCUT2D eigenvalue weighted by Gasteiger charge is -2.14. The summed E-state index contributed by atoms with van der Waals surface area (Å²) in [6, 6.07) is 0. The van der Waals surface area contributed by atoms with E-state index in [1.807, 2.05) is 0 Å². The number of likely N-dealkylation sites (N-methyl/N-ethyl adjacent to an activating group) is 1. The van der Waals surface area contributed by atoms with E-state index in [1.54, 1.807) is 11.9 Å². The highest BCUT2D eigenvalue weighted by molar-refractivity contribution is 5.93. The summed E-state index contributed by atoms with van der Waals surface area (Å²) in [5, 5.41) is 8.51. The van der Waals surface area contributed by atoms with Gasteiger partial charge in [0.2, 0.25) is 5.91 Å². The van der Waals surface area contributed by atoms with Crippen LogP contribution in [-0.4, -0.2) is 35.5 Å². The zero-order valence-corrected chi connectivity index (χ0v) is 17.9. The molecule has 0 saturated heterocycles. The molecule has 1 amide bonds. The van der Waals surface area contributed by atoms with E-state index in [9.17, 15) is 9.59 Å². The molecule has 27 heavy (non-hydrogen) atoms. The third kappa shape index (κ3) is 19.3. The summed E-state index contributed by atoms with van der Waals surface area (Å²) in [5.74, 6) is -1.32. The Morgan fingerprint density at radius 3 is 1.41 bits per heavy atom. The molecule has 0 bridgehead atoms. The Bertz CT molecular complexity index is 393. The number of rotatable bonds is 19. The summed E-state index contributed by atoms with van der Waals surface area (Å²) in [6.45, 7) is 2.97. The van der Waals surface area contributed by atoms with Crippen LogP contribution in [0.2, 0.25) is 0 Å². The topological polar surface area (TPSA) is 57.6 Å². The second-order valence-corrected chi connectivity index (χ2v) is 7.73. The monoisotopic (exact) mass is 381 g/mol. The molecular weight excluding hydrogens is 338 g/mol. The smallest absolute Gasteiger partial charge is 0.328 e. The molecule has 4 heteroatoms. The number of hydrogen-bond acceptors (Lipinski definition) is 2. The molecule has 0 saturated carbocycles. The van der Waals surface area contributed by atoms with Gasteiger partial charge in [-0.25, -0.2) is 4.79 Å². The van der Waals surface area contributed by atoms with E-state index < -0.39 is 5.97 Å². The summed E-state index contributed by atoms with van der Waals surface area (Å²) < 4.78 is 0. The Morgan fingerprint density at radius 2 is 1.04 bits per heavy atom. The molecule has 0 fully saturated rings. The normalized spacial score (nSPS) is 11.2. The first-order valence-corrected chi connectivity index (χ1v) is 11.2. The lowest BCUT2D eigenvalue weighted by Crippen LogP contribution is -2.26. The Labute approximate surface area is 167 Å². The van der Waals surface area contributed by atoms with Gasteiger partial charge in [-0.05, 0) is 6.42 Å². The SMILES string of the molecule is CCCCCCCCCCCCCCCCCCN(C)C(=O)/C=C/C(=O)O. The van der Waals surface area contributed by atoms with Crippen molar-refractivity contribution in [3.8, 4) is 0 Å². The molecule has 0 atom stereocenters. The summed E-state index contributed by atoms with van der Waals surface area (Å²) in [5.41, 5.74) is 0. The fourth-order valence-electron chi connectivity index (χ4n) is 3.28. The fraction of sp³-hybridized carbons (Fsp3) is 0.826. The first kappa shape index (κ1) is 25.7. The van der Waals surface area contributed by atoms with E-state index in [-0.39, 0.29) is 5.91 Å². The maximum absolute atomic E-state index is 11.6. The van der Waals surface area contributed by atoms with Gasteiger partial charge in [-0.15, -0.1) is 0 Å². The fourth-order valence-corrected chi connectivity index (χ4v) is 3.28. The zero-order valence-electron chi connectivity index (χ0n) is 17.9. The van der Waals surface area contributed by atoms with Crippen molar-refractivity contribution in [1.29, 1.82) is 0 Å². The quantitative estimate of drug-likeness (QED) is 0.209. The largest absolute Gasteiger partial charge is 0.478 e. The molecule has 0 unspecified atom stereocenters. The number of carbonyl (C=O) groups excluding carboxylic acids is 1. The molecule has 0 aromatic carbocycles. The molecule has 0 spiro atoms. The lowest BCUT2D eigenvalue weighted by molar-refractivity contribution is -0.132. The van der Waals surface area contributed by atoms with Crippen LogP contribution < -0.4 is 0 Å². The average Bonchev–Trinajstić information content (AvgIpc) is 2.65. The van der Waals surface area contributed by atoms with Crippen LogP contribution in [0.4, 0.5) is 0 Å². The number of amides is 1. The van der Waals surface area contributed by atoms with Gasteiger partial charge in [0.05, 0.1) is 0 Å². The van der Waals surface area contributed by atoms with Crippen molar-refractivity contribution < 1.29 is 14.7 Å².